The van der Waals surface area contributed by atoms with E-state index in [1.165, 1.54) is 0 Å². The number of carbonyl (C=O) groups is 1. The van der Waals surface area contributed by atoms with Crippen molar-refractivity contribution in [2.45, 2.75) is 6.92 Å². The van der Waals surface area contributed by atoms with Gasteiger partial charge < -0.3 is 9.15 Å². The SMILES string of the molecule is Cc1ccccc1C1=NC(=Cc2ccco2)C(=O)O1. The van der Waals surface area contributed by atoms with Crippen LogP contribution in [0.3, 0.4) is 0 Å². The number of aliphatic imine (C=N–C) groups is 1. The fourth-order valence-electron chi connectivity index (χ4n) is 1.85. The molecule has 0 saturated carbocycles. The topological polar surface area (TPSA) is 51.8 Å². The molecule has 3 rings (SSSR count). The molecule has 0 fully saturated rings. The Labute approximate surface area is 110 Å². The number of carbonyl (C=O) groups excluding carboxylic acids is 1. The molecule has 1 aliphatic rings. The van der Waals surface area contributed by atoms with E-state index >= 15 is 0 Å². The first-order valence-corrected chi connectivity index (χ1v) is 5.86. The molecule has 19 heavy (non-hydrogen) atoms. The third kappa shape index (κ3) is 2.20. The second kappa shape index (κ2) is 4.57. The van der Waals surface area contributed by atoms with E-state index < -0.39 is 5.97 Å². The molecule has 0 spiro atoms. The van der Waals surface area contributed by atoms with Crippen molar-refractivity contribution >= 4 is 17.9 Å². The van der Waals surface area contributed by atoms with Crippen LogP contribution in [-0.2, 0) is 9.53 Å². The van der Waals surface area contributed by atoms with Crippen LogP contribution in [-0.4, -0.2) is 11.9 Å². The standard InChI is InChI=1S/C15H11NO3/c1-10-5-2-3-7-12(10)14-16-13(15(17)19-14)9-11-6-4-8-18-11/h2-9H,1H3. The van der Waals surface area contributed by atoms with Gasteiger partial charge in [-0.1, -0.05) is 18.2 Å². The summed E-state index contributed by atoms with van der Waals surface area (Å²) in [5.74, 6) is 0.442. The van der Waals surface area contributed by atoms with Crippen LogP contribution in [0.25, 0.3) is 6.08 Å². The maximum atomic E-state index is 11.7. The average Bonchev–Trinajstić information content (AvgIpc) is 3.02. The maximum Gasteiger partial charge on any atom is 0.363 e. The van der Waals surface area contributed by atoms with E-state index in [1.807, 2.05) is 31.2 Å². The molecule has 4 heteroatoms. The molecule has 0 saturated heterocycles. The highest BCUT2D eigenvalue weighted by Crippen LogP contribution is 2.20. The lowest BCUT2D eigenvalue weighted by Crippen LogP contribution is -2.06. The van der Waals surface area contributed by atoms with Crippen LogP contribution in [0.2, 0.25) is 0 Å². The number of furan rings is 1. The summed E-state index contributed by atoms with van der Waals surface area (Å²) in [6, 6.07) is 11.1. The Balaban J connectivity index is 1.98. The van der Waals surface area contributed by atoms with Crippen molar-refractivity contribution in [1.29, 1.82) is 0 Å². The molecule has 2 aromatic rings. The first-order valence-electron chi connectivity index (χ1n) is 5.86. The van der Waals surface area contributed by atoms with Gasteiger partial charge in [-0.15, -0.1) is 0 Å². The summed E-state index contributed by atoms with van der Waals surface area (Å²) in [6.45, 7) is 1.94. The van der Waals surface area contributed by atoms with E-state index in [9.17, 15) is 4.79 Å². The minimum atomic E-state index is -0.463. The summed E-state index contributed by atoms with van der Waals surface area (Å²) in [7, 11) is 0. The van der Waals surface area contributed by atoms with Crippen molar-refractivity contribution in [3.8, 4) is 0 Å². The molecule has 0 aliphatic carbocycles. The van der Waals surface area contributed by atoms with Gasteiger partial charge in [0, 0.05) is 11.6 Å². The molecule has 0 unspecified atom stereocenters. The summed E-state index contributed by atoms with van der Waals surface area (Å²) in [6.07, 6.45) is 3.10. The number of cyclic esters (lactones) is 1. The molecule has 0 bridgehead atoms. The summed E-state index contributed by atoms with van der Waals surface area (Å²) >= 11 is 0. The Bertz CT molecular complexity index is 681. The van der Waals surface area contributed by atoms with E-state index in [4.69, 9.17) is 9.15 Å². The smallest absolute Gasteiger partial charge is 0.363 e. The van der Waals surface area contributed by atoms with Crippen LogP contribution >= 0.6 is 0 Å². The quantitative estimate of drug-likeness (QED) is 0.610. The Morgan fingerprint density at radius 2 is 2.00 bits per heavy atom. The van der Waals surface area contributed by atoms with Crippen LogP contribution in [0, 0.1) is 6.92 Å². The number of aryl methyl sites for hydroxylation is 1. The fourth-order valence-corrected chi connectivity index (χ4v) is 1.85. The lowest BCUT2D eigenvalue weighted by molar-refractivity contribution is -0.129. The number of ether oxygens (including phenoxy) is 1. The minimum Gasteiger partial charge on any atom is -0.465 e. The third-order valence-electron chi connectivity index (χ3n) is 2.82. The van der Waals surface area contributed by atoms with Crippen molar-refractivity contribution in [2.75, 3.05) is 0 Å². The summed E-state index contributed by atoms with van der Waals surface area (Å²) in [5.41, 5.74) is 2.07. The Kier molecular flexibility index (Phi) is 2.76. The first kappa shape index (κ1) is 11.5. The molecular formula is C15H11NO3. The van der Waals surface area contributed by atoms with Gasteiger partial charge in [0.1, 0.15) is 5.76 Å². The highest BCUT2D eigenvalue weighted by atomic mass is 16.6. The third-order valence-corrected chi connectivity index (χ3v) is 2.82. The number of benzene rings is 1. The van der Waals surface area contributed by atoms with Crippen LogP contribution in [0.15, 0.2) is 57.8 Å². The van der Waals surface area contributed by atoms with Gasteiger partial charge in [-0.2, -0.15) is 0 Å². The van der Waals surface area contributed by atoms with Crippen molar-refractivity contribution in [3.63, 3.8) is 0 Å². The molecule has 0 amide bonds. The number of hydrogen-bond donors (Lipinski definition) is 0. The van der Waals surface area contributed by atoms with Gasteiger partial charge in [0.05, 0.1) is 6.26 Å². The molecule has 1 aliphatic heterocycles. The van der Waals surface area contributed by atoms with Crippen molar-refractivity contribution in [2.24, 2.45) is 4.99 Å². The summed E-state index contributed by atoms with van der Waals surface area (Å²) in [5, 5.41) is 0. The van der Waals surface area contributed by atoms with Gasteiger partial charge in [0.25, 0.3) is 0 Å². The number of nitrogens with zero attached hydrogens (tertiary/aromatic N) is 1. The van der Waals surface area contributed by atoms with Crippen LogP contribution < -0.4 is 0 Å². The van der Waals surface area contributed by atoms with E-state index in [0.717, 1.165) is 11.1 Å². The van der Waals surface area contributed by atoms with Crippen LogP contribution in [0.4, 0.5) is 0 Å². The summed E-state index contributed by atoms with van der Waals surface area (Å²) in [4.78, 5) is 16.0. The zero-order valence-corrected chi connectivity index (χ0v) is 10.3. The molecular weight excluding hydrogens is 242 g/mol. The lowest BCUT2D eigenvalue weighted by Gasteiger charge is -2.02. The average molecular weight is 253 g/mol. The van der Waals surface area contributed by atoms with Gasteiger partial charge >= 0.3 is 5.97 Å². The maximum absolute atomic E-state index is 11.7. The van der Waals surface area contributed by atoms with E-state index in [2.05, 4.69) is 4.99 Å². The molecule has 1 aromatic heterocycles. The van der Waals surface area contributed by atoms with Gasteiger partial charge in [0.2, 0.25) is 5.90 Å². The highest BCUT2D eigenvalue weighted by molar-refractivity contribution is 6.13. The largest absolute Gasteiger partial charge is 0.465 e. The first-order chi connectivity index (χ1) is 9.24. The lowest BCUT2D eigenvalue weighted by atomic mass is 10.1. The van der Waals surface area contributed by atoms with Gasteiger partial charge in [0.15, 0.2) is 5.70 Å². The molecule has 0 N–H and O–H groups in total. The Hall–Kier alpha value is -2.62. The summed E-state index contributed by atoms with van der Waals surface area (Å²) < 4.78 is 10.3. The number of rotatable bonds is 2. The van der Waals surface area contributed by atoms with Crippen molar-refractivity contribution in [1.82, 2.24) is 0 Å². The van der Waals surface area contributed by atoms with E-state index in [0.29, 0.717) is 11.7 Å². The zero-order valence-electron chi connectivity index (χ0n) is 10.3. The van der Waals surface area contributed by atoms with E-state index in [1.54, 1.807) is 24.5 Å². The molecule has 94 valence electrons. The molecule has 0 radical (unpaired) electrons. The predicted octanol–water partition coefficient (Wildman–Crippen LogP) is 2.93. The minimum absolute atomic E-state index is 0.244. The highest BCUT2D eigenvalue weighted by Gasteiger charge is 2.25. The Morgan fingerprint density at radius 3 is 2.74 bits per heavy atom. The molecule has 0 atom stereocenters. The van der Waals surface area contributed by atoms with Crippen molar-refractivity contribution < 1.29 is 13.9 Å². The normalized spacial score (nSPS) is 16.6. The second-order valence-electron chi connectivity index (χ2n) is 4.17. The van der Waals surface area contributed by atoms with Gasteiger partial charge in [-0.25, -0.2) is 9.79 Å². The van der Waals surface area contributed by atoms with Gasteiger partial charge in [-0.05, 0) is 30.7 Å². The molecule has 1 aromatic carbocycles. The van der Waals surface area contributed by atoms with Gasteiger partial charge in [-0.3, -0.25) is 0 Å². The Morgan fingerprint density at radius 1 is 1.16 bits per heavy atom. The fraction of sp³-hybridized carbons (Fsp3) is 0.0667. The predicted molar refractivity (Wildman–Crippen MR) is 70.5 cm³/mol. The number of hydrogen-bond acceptors (Lipinski definition) is 4. The van der Waals surface area contributed by atoms with Crippen molar-refractivity contribution in [3.05, 3.63) is 65.2 Å². The number of esters is 1. The van der Waals surface area contributed by atoms with Crippen LogP contribution in [0.5, 0.6) is 0 Å². The van der Waals surface area contributed by atoms with E-state index in [-0.39, 0.29) is 5.70 Å². The molecule has 2 heterocycles. The second-order valence-corrected chi connectivity index (χ2v) is 4.17. The van der Waals surface area contributed by atoms with Crippen LogP contribution in [0.1, 0.15) is 16.9 Å². The monoisotopic (exact) mass is 253 g/mol. The zero-order chi connectivity index (χ0) is 13.2. The molecule has 4 nitrogen and oxygen atoms in total.